The van der Waals surface area contributed by atoms with Gasteiger partial charge in [0.05, 0.1) is 0 Å². The van der Waals surface area contributed by atoms with Gasteiger partial charge in [0.1, 0.15) is 0 Å². The maximum absolute atomic E-state index is 2.99. The molecule has 0 radical (unpaired) electrons. The van der Waals surface area contributed by atoms with Crippen LogP contribution in [0.15, 0.2) is 18.2 Å². The molecule has 0 aromatic heterocycles. The van der Waals surface area contributed by atoms with E-state index in [-0.39, 0.29) is 8.29 Å². The van der Waals surface area contributed by atoms with Crippen molar-refractivity contribution in [3.63, 3.8) is 0 Å². The molecule has 0 nitrogen and oxygen atoms in total. The Bertz CT molecular complexity index is 129. The summed E-state index contributed by atoms with van der Waals surface area (Å²) in [5, 5.41) is 0. The molecule has 0 aromatic rings. The van der Waals surface area contributed by atoms with Gasteiger partial charge in [-0.3, -0.25) is 6.08 Å². The molecule has 0 aliphatic heterocycles. The first kappa shape index (κ1) is 9.58. The fraction of sp³-hybridized carbons (Fsp3) is 0.429. The number of allylic oxidation sites excluding steroid dienone is 4. The van der Waals surface area contributed by atoms with E-state index in [0.717, 1.165) is 6.42 Å². The van der Waals surface area contributed by atoms with Crippen LogP contribution in [0.4, 0.5) is 0 Å². The first-order valence-corrected chi connectivity index (χ1v) is 9.15. The third-order valence-corrected chi connectivity index (χ3v) is 0.586. The van der Waals surface area contributed by atoms with Crippen molar-refractivity contribution >= 4 is 5.43 Å². The molecule has 0 N–H and O–H groups in total. The summed E-state index contributed by atoms with van der Waals surface area (Å²) in [6.07, 6.45) is 10.0. The molecule has 9 heavy (non-hydrogen) atoms. The molecule has 0 bridgehead atoms. The Balaban J connectivity index is -0.000000101. The second-order valence-corrected chi connectivity index (χ2v) is 11.4. The molecule has 0 fully saturated rings. The summed E-state index contributed by atoms with van der Waals surface area (Å²) >= 11 is 1.74. The van der Waals surface area contributed by atoms with Gasteiger partial charge in [-0.1, -0.05) is 0 Å². The van der Waals surface area contributed by atoms with Gasteiger partial charge in [0.2, 0.25) is 0 Å². The van der Waals surface area contributed by atoms with Gasteiger partial charge >= 0.3 is 41.9 Å². The molecule has 50 valence electrons. The minimum Gasteiger partial charge on any atom is -1.00 e. The zero-order valence-electron chi connectivity index (χ0n) is 7.94. The molecule has 0 amide bonds. The second-order valence-electron chi connectivity index (χ2n) is 2.00. The Labute approximate surface area is 75.4 Å². The van der Waals surface area contributed by atoms with E-state index in [1.165, 1.54) is 0 Å². The van der Waals surface area contributed by atoms with Gasteiger partial charge in [0, 0.05) is 0 Å². The summed E-state index contributed by atoms with van der Waals surface area (Å²) in [4.78, 5) is 0. The fourth-order valence-electron chi connectivity index (χ4n) is 0.340. The molecule has 1 aliphatic rings. The van der Waals surface area contributed by atoms with Gasteiger partial charge < -0.3 is 2.85 Å². The van der Waals surface area contributed by atoms with E-state index in [0.29, 0.717) is 0 Å². The second kappa shape index (κ2) is 6.70. The molecule has 0 atom stereocenters. The molecular weight excluding hydrogens is 203 g/mol. The van der Waals surface area contributed by atoms with E-state index in [1.807, 2.05) is 12.2 Å². The summed E-state index contributed by atoms with van der Waals surface area (Å²) in [6, 6.07) is 0. The van der Waals surface area contributed by atoms with Crippen molar-refractivity contribution in [2.75, 3.05) is 0 Å². The van der Waals surface area contributed by atoms with Crippen LogP contribution in [0.2, 0.25) is 13.1 Å². The Morgan fingerprint density at radius 3 is 2.33 bits per heavy atom. The van der Waals surface area contributed by atoms with E-state index in [4.69, 9.17) is 0 Å². The van der Waals surface area contributed by atoms with E-state index in [1.54, 1.807) is 23.3 Å². The molecule has 0 spiro atoms. The third kappa shape index (κ3) is 11.9. The molecule has 0 unspecified atom stereocenters. The van der Waals surface area contributed by atoms with Crippen molar-refractivity contribution in [2.45, 2.75) is 19.5 Å². The van der Waals surface area contributed by atoms with E-state index >= 15 is 0 Å². The van der Waals surface area contributed by atoms with Crippen LogP contribution in [0.3, 0.4) is 0 Å². The minimum absolute atomic E-state index is 0. The molecular formula is C7H13SiZr-. The average Bonchev–Trinajstić information content (AvgIpc) is 2.11. The van der Waals surface area contributed by atoms with Crippen LogP contribution in [0.25, 0.3) is 0 Å². The number of rotatable bonds is 0. The van der Waals surface area contributed by atoms with Crippen molar-refractivity contribution in [1.82, 2.24) is 0 Å². The Hall–Kier alpha value is 0.580. The van der Waals surface area contributed by atoms with Crippen LogP contribution < -0.4 is 0 Å². The van der Waals surface area contributed by atoms with Crippen LogP contribution in [0, 0.1) is 6.08 Å². The minimum atomic E-state index is 0. The van der Waals surface area contributed by atoms with E-state index in [9.17, 15) is 0 Å². The standard InChI is InChI=1S/C5H5.C2H6Si.Zr.2H/c1-2-4-5-3-1;1-3-2;;;/h1-3H,4H2;1-2H3;;;/q-1;;+2;2*-1. The van der Waals surface area contributed by atoms with E-state index < -0.39 is 0 Å². The van der Waals surface area contributed by atoms with Crippen LogP contribution in [0.5, 0.6) is 0 Å². The first-order chi connectivity index (χ1) is 4.23. The molecule has 1 rings (SSSR count). The maximum Gasteiger partial charge on any atom is -0.109 e. The molecule has 0 aromatic carbocycles. The Kier molecular flexibility index (Phi) is 7.13. The average molecular weight is 216 g/mol. The number of hydrogen-bond acceptors (Lipinski definition) is 0. The zero-order chi connectivity index (χ0) is 7.11. The van der Waals surface area contributed by atoms with Crippen LogP contribution in [-0.2, 0) is 23.3 Å². The van der Waals surface area contributed by atoms with Crippen LogP contribution >= 0.6 is 0 Å². The van der Waals surface area contributed by atoms with Crippen LogP contribution in [0.1, 0.15) is 9.27 Å². The normalized spacial score (nSPS) is 12.9. The van der Waals surface area contributed by atoms with Crippen molar-refractivity contribution in [2.24, 2.45) is 0 Å². The SMILES string of the molecule is C[Si](C)=[Zr+2].[C-]1=CC=CC1.[H-].[H-]. The summed E-state index contributed by atoms with van der Waals surface area (Å²) in [7, 11) is 0. The number of hydrogen-bond donors (Lipinski definition) is 0. The largest absolute Gasteiger partial charge is 1.00 e. The van der Waals surface area contributed by atoms with Crippen LogP contribution in [-0.4, -0.2) is 5.43 Å². The summed E-state index contributed by atoms with van der Waals surface area (Å²) in [6.45, 7) is 4.62. The zero-order valence-corrected chi connectivity index (χ0v) is 9.40. The van der Waals surface area contributed by atoms with Crippen molar-refractivity contribution in [1.29, 1.82) is 0 Å². The summed E-state index contributed by atoms with van der Waals surface area (Å²) in [5.41, 5.74) is 0.210. The monoisotopic (exact) mass is 215 g/mol. The topological polar surface area (TPSA) is 0 Å². The Morgan fingerprint density at radius 2 is 2.22 bits per heavy atom. The quantitative estimate of drug-likeness (QED) is 0.431. The van der Waals surface area contributed by atoms with Crippen molar-refractivity contribution < 1.29 is 26.2 Å². The maximum atomic E-state index is 2.99. The predicted molar refractivity (Wildman–Crippen MR) is 41.3 cm³/mol. The first-order valence-electron chi connectivity index (χ1n) is 2.97. The smallest absolute Gasteiger partial charge is 0.109 e. The molecule has 0 saturated heterocycles. The predicted octanol–water partition coefficient (Wildman–Crippen LogP) is 2.31. The van der Waals surface area contributed by atoms with Gasteiger partial charge in [-0.05, 0) is 0 Å². The van der Waals surface area contributed by atoms with Gasteiger partial charge in [-0.2, -0.15) is 6.08 Å². The summed E-state index contributed by atoms with van der Waals surface area (Å²) < 4.78 is 0. The van der Waals surface area contributed by atoms with Gasteiger partial charge in [0.15, 0.2) is 0 Å². The molecule has 1 aliphatic carbocycles. The van der Waals surface area contributed by atoms with Gasteiger partial charge in [0.25, 0.3) is 0 Å². The Morgan fingerprint density at radius 1 is 1.67 bits per heavy atom. The van der Waals surface area contributed by atoms with Gasteiger partial charge in [-0.15, -0.1) is 6.42 Å². The molecule has 2 heteroatoms. The van der Waals surface area contributed by atoms with E-state index in [2.05, 4.69) is 25.2 Å². The summed E-state index contributed by atoms with van der Waals surface area (Å²) in [5.74, 6) is 0. The molecule has 0 heterocycles. The fourth-order valence-corrected chi connectivity index (χ4v) is 0.340. The third-order valence-electron chi connectivity index (χ3n) is 0.586. The molecule has 0 saturated carbocycles. The van der Waals surface area contributed by atoms with Gasteiger partial charge in [-0.25, -0.2) is 12.2 Å². The van der Waals surface area contributed by atoms with Crippen molar-refractivity contribution in [3.05, 3.63) is 24.3 Å². The van der Waals surface area contributed by atoms with Crippen molar-refractivity contribution in [3.8, 4) is 0 Å².